The Morgan fingerprint density at radius 2 is 2.25 bits per heavy atom. The van der Waals surface area contributed by atoms with Crippen LogP contribution in [-0.4, -0.2) is 41.1 Å². The van der Waals surface area contributed by atoms with Crippen molar-refractivity contribution in [2.75, 3.05) is 13.1 Å². The summed E-state index contributed by atoms with van der Waals surface area (Å²) >= 11 is 5.91. The molecule has 1 aliphatic rings. The lowest BCUT2D eigenvalue weighted by molar-refractivity contribution is -0.140. The number of carbonyl (C=O) groups is 2. The van der Waals surface area contributed by atoms with Crippen molar-refractivity contribution in [3.05, 3.63) is 29.0 Å². The number of rotatable bonds is 6. The second-order valence-corrected chi connectivity index (χ2v) is 6.47. The maximum absolute atomic E-state index is 13.0. The molecule has 0 aliphatic carbocycles. The first kappa shape index (κ1) is 18.5. The maximum Gasteiger partial charge on any atom is 0.303 e. The molecule has 1 amide bonds. The van der Waals surface area contributed by atoms with E-state index < -0.39 is 17.9 Å². The predicted molar refractivity (Wildman–Crippen MR) is 87.7 cm³/mol. The summed E-state index contributed by atoms with van der Waals surface area (Å²) in [6.45, 7) is 2.80. The van der Waals surface area contributed by atoms with Crippen LogP contribution in [0.25, 0.3) is 0 Å². The van der Waals surface area contributed by atoms with E-state index in [0.717, 1.165) is 18.9 Å². The number of halogens is 2. The Kier molecular flexibility index (Phi) is 6.43. The minimum atomic E-state index is -0.818. The minimum absolute atomic E-state index is 0.115. The van der Waals surface area contributed by atoms with Crippen LogP contribution in [-0.2, 0) is 9.59 Å². The number of hydrogen-bond acceptors (Lipinski definition) is 3. The lowest BCUT2D eigenvalue weighted by Gasteiger charge is -2.34. The van der Waals surface area contributed by atoms with Gasteiger partial charge in [-0.1, -0.05) is 11.6 Å². The second-order valence-electron chi connectivity index (χ2n) is 6.06. The number of nitrogens with zero attached hydrogens (tertiary/aromatic N) is 1. The third-order valence-electron chi connectivity index (χ3n) is 4.14. The van der Waals surface area contributed by atoms with Crippen LogP contribution in [0.3, 0.4) is 0 Å². The second kappa shape index (κ2) is 8.33. The highest BCUT2D eigenvalue weighted by Gasteiger charge is 2.28. The van der Waals surface area contributed by atoms with E-state index in [-0.39, 0.29) is 29.0 Å². The Labute approximate surface area is 145 Å². The molecule has 1 aromatic rings. The molecular weight excluding hydrogens is 337 g/mol. The largest absolute Gasteiger partial charge is 0.481 e. The van der Waals surface area contributed by atoms with Gasteiger partial charge in [0.1, 0.15) is 11.6 Å². The summed E-state index contributed by atoms with van der Waals surface area (Å²) in [5.41, 5.74) is 0. The van der Waals surface area contributed by atoms with Crippen LogP contribution < -0.4 is 4.74 Å². The maximum atomic E-state index is 13.0. The molecule has 1 heterocycles. The SMILES string of the molecule is C[C@@H](Oc1ccc(F)cc1Cl)C(=O)N1CCC[C@@H](CCC(=O)O)C1. The molecule has 132 valence electrons. The van der Waals surface area contributed by atoms with Crippen molar-refractivity contribution in [2.24, 2.45) is 5.92 Å². The van der Waals surface area contributed by atoms with Gasteiger partial charge >= 0.3 is 5.97 Å². The smallest absolute Gasteiger partial charge is 0.303 e. The first-order chi connectivity index (χ1) is 11.4. The van der Waals surface area contributed by atoms with E-state index in [2.05, 4.69) is 0 Å². The normalized spacial score (nSPS) is 19.0. The number of aliphatic carboxylic acids is 1. The number of ether oxygens (including phenoxy) is 1. The molecule has 0 unspecified atom stereocenters. The minimum Gasteiger partial charge on any atom is -0.481 e. The summed E-state index contributed by atoms with van der Waals surface area (Å²) in [5.74, 6) is -1.00. The summed E-state index contributed by atoms with van der Waals surface area (Å²) in [6, 6.07) is 3.76. The van der Waals surface area contributed by atoms with Gasteiger partial charge in [-0.2, -0.15) is 0 Å². The van der Waals surface area contributed by atoms with E-state index in [9.17, 15) is 14.0 Å². The zero-order valence-corrected chi connectivity index (χ0v) is 14.3. The van der Waals surface area contributed by atoms with Crippen molar-refractivity contribution in [1.29, 1.82) is 0 Å². The standard InChI is InChI=1S/C17H21ClFNO4/c1-11(24-15-6-5-13(19)9-14(15)18)17(23)20-8-2-3-12(10-20)4-7-16(21)22/h5-6,9,11-12H,2-4,7-8,10H2,1H3,(H,21,22)/t11-,12+/m1/s1. The van der Waals surface area contributed by atoms with Crippen LogP contribution in [0.4, 0.5) is 4.39 Å². The Morgan fingerprint density at radius 3 is 2.92 bits per heavy atom. The Morgan fingerprint density at radius 1 is 1.50 bits per heavy atom. The van der Waals surface area contributed by atoms with E-state index in [1.165, 1.54) is 12.1 Å². The lowest BCUT2D eigenvalue weighted by atomic mass is 9.93. The van der Waals surface area contributed by atoms with Crippen LogP contribution in [0.5, 0.6) is 5.75 Å². The molecule has 0 radical (unpaired) electrons. The summed E-state index contributed by atoms with van der Waals surface area (Å²) in [4.78, 5) is 24.9. The van der Waals surface area contributed by atoms with Crippen molar-refractivity contribution in [3.63, 3.8) is 0 Å². The molecule has 1 fully saturated rings. The predicted octanol–water partition coefficient (Wildman–Crippen LogP) is 3.35. The van der Waals surface area contributed by atoms with Gasteiger partial charge < -0.3 is 14.7 Å². The molecular formula is C17H21ClFNO4. The van der Waals surface area contributed by atoms with Crippen molar-refractivity contribution in [3.8, 4) is 5.75 Å². The highest BCUT2D eigenvalue weighted by molar-refractivity contribution is 6.32. The number of benzene rings is 1. The van der Waals surface area contributed by atoms with Crippen molar-refractivity contribution >= 4 is 23.5 Å². The number of carboxylic acid groups (broad SMARTS) is 1. The summed E-state index contributed by atoms with van der Waals surface area (Å²) in [5, 5.41) is 8.90. The fourth-order valence-corrected chi connectivity index (χ4v) is 3.11. The van der Waals surface area contributed by atoms with Gasteiger partial charge in [0.25, 0.3) is 5.91 Å². The van der Waals surface area contributed by atoms with Crippen molar-refractivity contribution < 1.29 is 23.8 Å². The van der Waals surface area contributed by atoms with E-state index >= 15 is 0 Å². The average molecular weight is 358 g/mol. The summed E-state index contributed by atoms with van der Waals surface area (Å²) in [6.07, 6.45) is 1.71. The van der Waals surface area contributed by atoms with Gasteiger partial charge in [0, 0.05) is 19.5 Å². The van der Waals surface area contributed by atoms with Crippen LogP contribution in [0.1, 0.15) is 32.6 Å². The van der Waals surface area contributed by atoms with Gasteiger partial charge in [0.2, 0.25) is 0 Å². The van der Waals surface area contributed by atoms with E-state index in [1.54, 1.807) is 11.8 Å². The van der Waals surface area contributed by atoms with E-state index in [1.807, 2.05) is 0 Å². The van der Waals surface area contributed by atoms with Gasteiger partial charge in [-0.3, -0.25) is 9.59 Å². The molecule has 0 spiro atoms. The summed E-state index contributed by atoms with van der Waals surface area (Å²) < 4.78 is 18.6. The number of hydrogen-bond donors (Lipinski definition) is 1. The molecule has 1 aliphatic heterocycles. The monoisotopic (exact) mass is 357 g/mol. The third-order valence-corrected chi connectivity index (χ3v) is 4.44. The van der Waals surface area contributed by atoms with Crippen LogP contribution in [0, 0.1) is 11.7 Å². The number of piperidine rings is 1. The Hall–Kier alpha value is -1.82. The molecule has 1 N–H and O–H groups in total. The highest BCUT2D eigenvalue weighted by Crippen LogP contribution is 2.27. The number of amides is 1. The third kappa shape index (κ3) is 5.09. The van der Waals surface area contributed by atoms with Crippen molar-refractivity contribution in [1.82, 2.24) is 4.90 Å². The number of likely N-dealkylation sites (tertiary alicyclic amines) is 1. The molecule has 0 saturated carbocycles. The molecule has 2 rings (SSSR count). The van der Waals surface area contributed by atoms with Crippen LogP contribution in [0.15, 0.2) is 18.2 Å². The van der Waals surface area contributed by atoms with Gasteiger partial charge in [-0.15, -0.1) is 0 Å². The molecule has 0 aromatic heterocycles. The summed E-state index contributed by atoms with van der Waals surface area (Å²) in [7, 11) is 0. The first-order valence-electron chi connectivity index (χ1n) is 7.99. The number of carboxylic acids is 1. The van der Waals surface area contributed by atoms with Crippen molar-refractivity contribution in [2.45, 2.75) is 38.7 Å². The highest BCUT2D eigenvalue weighted by atomic mass is 35.5. The van der Waals surface area contributed by atoms with Crippen LogP contribution in [0.2, 0.25) is 5.02 Å². The molecule has 1 aromatic carbocycles. The fraction of sp³-hybridized carbons (Fsp3) is 0.529. The zero-order chi connectivity index (χ0) is 17.7. The average Bonchev–Trinajstić information content (AvgIpc) is 2.55. The topological polar surface area (TPSA) is 66.8 Å². The van der Waals surface area contributed by atoms with Gasteiger partial charge in [-0.25, -0.2) is 4.39 Å². The van der Waals surface area contributed by atoms with E-state index in [0.29, 0.717) is 19.5 Å². The van der Waals surface area contributed by atoms with Gasteiger partial charge in [0.15, 0.2) is 6.10 Å². The zero-order valence-electron chi connectivity index (χ0n) is 13.5. The van der Waals surface area contributed by atoms with E-state index in [4.69, 9.17) is 21.4 Å². The first-order valence-corrected chi connectivity index (χ1v) is 8.37. The molecule has 2 atom stereocenters. The Balaban J connectivity index is 1.93. The quantitative estimate of drug-likeness (QED) is 0.847. The number of carbonyl (C=O) groups excluding carboxylic acids is 1. The molecule has 1 saturated heterocycles. The molecule has 7 heteroatoms. The molecule has 0 bridgehead atoms. The van der Waals surface area contributed by atoms with Gasteiger partial charge in [0.05, 0.1) is 5.02 Å². The molecule has 5 nitrogen and oxygen atoms in total. The lowest BCUT2D eigenvalue weighted by Crippen LogP contribution is -2.45. The Bertz CT molecular complexity index is 610. The van der Waals surface area contributed by atoms with Gasteiger partial charge in [-0.05, 0) is 50.3 Å². The molecule has 24 heavy (non-hydrogen) atoms. The van der Waals surface area contributed by atoms with Crippen LogP contribution >= 0.6 is 11.6 Å². The fourth-order valence-electron chi connectivity index (χ4n) is 2.90.